The fourth-order valence-electron chi connectivity index (χ4n) is 1.05. The van der Waals surface area contributed by atoms with E-state index < -0.39 is 4.92 Å². The van der Waals surface area contributed by atoms with E-state index in [1.807, 2.05) is 6.92 Å². The highest BCUT2D eigenvalue weighted by Crippen LogP contribution is 2.34. The van der Waals surface area contributed by atoms with E-state index in [4.69, 9.17) is 16.3 Å². The molecule has 0 spiro atoms. The van der Waals surface area contributed by atoms with Crippen LogP contribution in [0, 0.1) is 16.0 Å². The zero-order chi connectivity index (χ0) is 12.1. The Labute approximate surface area is 107 Å². The third-order valence-electron chi connectivity index (χ3n) is 1.92. The minimum atomic E-state index is -0.467. The van der Waals surface area contributed by atoms with Crippen LogP contribution in [0.25, 0.3) is 0 Å². The predicted octanol–water partition coefficient (Wildman–Crippen LogP) is 3.61. The maximum atomic E-state index is 10.8. The van der Waals surface area contributed by atoms with Crippen molar-refractivity contribution >= 4 is 33.2 Å². The van der Waals surface area contributed by atoms with Crippen molar-refractivity contribution in [2.45, 2.75) is 6.92 Å². The average molecular weight is 309 g/mol. The van der Waals surface area contributed by atoms with Crippen molar-refractivity contribution in [3.63, 3.8) is 0 Å². The van der Waals surface area contributed by atoms with E-state index in [2.05, 4.69) is 15.9 Å². The van der Waals surface area contributed by atoms with Gasteiger partial charge in [0.05, 0.1) is 16.0 Å². The number of nitro groups is 1. The van der Waals surface area contributed by atoms with E-state index in [0.29, 0.717) is 17.0 Å². The summed E-state index contributed by atoms with van der Waals surface area (Å²) >= 11 is 8.86. The topological polar surface area (TPSA) is 52.4 Å². The fraction of sp³-hybridized carbons (Fsp3) is 0.400. The number of para-hydroxylation sites is 1. The summed E-state index contributed by atoms with van der Waals surface area (Å²) in [7, 11) is 0. The van der Waals surface area contributed by atoms with Crippen molar-refractivity contribution < 1.29 is 9.66 Å². The van der Waals surface area contributed by atoms with Crippen LogP contribution in [-0.4, -0.2) is 17.4 Å². The first-order valence-corrected chi connectivity index (χ1v) is 6.00. The Morgan fingerprint density at radius 3 is 2.88 bits per heavy atom. The first-order chi connectivity index (χ1) is 7.56. The molecule has 0 amide bonds. The van der Waals surface area contributed by atoms with E-state index >= 15 is 0 Å². The average Bonchev–Trinajstić information content (AvgIpc) is 2.26. The van der Waals surface area contributed by atoms with Crippen LogP contribution in [-0.2, 0) is 0 Å². The lowest BCUT2D eigenvalue weighted by atomic mass is 10.2. The minimum absolute atomic E-state index is 0.0452. The van der Waals surface area contributed by atoms with Gasteiger partial charge in [0.1, 0.15) is 0 Å². The molecule has 1 aromatic rings. The third-order valence-corrected chi connectivity index (χ3v) is 3.07. The molecule has 0 saturated heterocycles. The summed E-state index contributed by atoms with van der Waals surface area (Å²) < 4.78 is 5.98. The number of rotatable bonds is 5. The molecule has 0 bridgehead atoms. The molecule has 0 N–H and O–H groups in total. The van der Waals surface area contributed by atoms with E-state index in [9.17, 15) is 10.1 Å². The molecule has 1 atom stereocenters. The summed E-state index contributed by atoms with van der Waals surface area (Å²) in [6.45, 7) is 2.27. The normalized spacial score (nSPS) is 12.2. The quantitative estimate of drug-likeness (QED) is 0.474. The Hall–Kier alpha value is -0.810. The molecule has 0 saturated carbocycles. The molecule has 0 radical (unpaired) electrons. The van der Waals surface area contributed by atoms with Crippen LogP contribution >= 0.6 is 27.5 Å². The van der Waals surface area contributed by atoms with Gasteiger partial charge in [0.25, 0.3) is 0 Å². The van der Waals surface area contributed by atoms with Crippen molar-refractivity contribution in [1.82, 2.24) is 0 Å². The van der Waals surface area contributed by atoms with Crippen LogP contribution in [0.3, 0.4) is 0 Å². The van der Waals surface area contributed by atoms with E-state index in [-0.39, 0.29) is 17.4 Å². The van der Waals surface area contributed by atoms with Gasteiger partial charge in [-0.05, 0) is 22.0 Å². The maximum absolute atomic E-state index is 10.8. The Morgan fingerprint density at radius 2 is 2.31 bits per heavy atom. The van der Waals surface area contributed by atoms with Crippen molar-refractivity contribution in [3.05, 3.63) is 32.8 Å². The second-order valence-corrected chi connectivity index (χ2v) is 4.58. The highest BCUT2D eigenvalue weighted by atomic mass is 79.9. The Balaban J connectivity index is 2.88. The SMILES string of the molecule is CC(CCl)COc1c(Br)cccc1[N+](=O)[O-]. The summed E-state index contributed by atoms with van der Waals surface area (Å²) in [4.78, 5) is 10.3. The van der Waals surface area contributed by atoms with Crippen molar-refractivity contribution in [3.8, 4) is 5.75 Å². The largest absolute Gasteiger partial charge is 0.486 e. The maximum Gasteiger partial charge on any atom is 0.312 e. The van der Waals surface area contributed by atoms with Gasteiger partial charge in [-0.25, -0.2) is 0 Å². The van der Waals surface area contributed by atoms with Crippen molar-refractivity contribution in [2.24, 2.45) is 5.92 Å². The second kappa shape index (κ2) is 6.06. The molecular formula is C10H11BrClNO3. The summed E-state index contributed by atoms with van der Waals surface area (Å²) in [5, 5.41) is 10.8. The molecule has 0 fully saturated rings. The van der Waals surface area contributed by atoms with Gasteiger partial charge >= 0.3 is 5.69 Å². The van der Waals surface area contributed by atoms with Gasteiger partial charge in [-0.15, -0.1) is 11.6 Å². The van der Waals surface area contributed by atoms with Crippen molar-refractivity contribution in [2.75, 3.05) is 12.5 Å². The third kappa shape index (κ3) is 3.35. The lowest BCUT2D eigenvalue weighted by Crippen LogP contribution is -2.10. The van der Waals surface area contributed by atoms with E-state index in [1.54, 1.807) is 12.1 Å². The molecule has 16 heavy (non-hydrogen) atoms. The molecule has 6 heteroatoms. The molecule has 88 valence electrons. The Kier molecular flexibility index (Phi) is 5.02. The number of halogens is 2. The van der Waals surface area contributed by atoms with Crippen LogP contribution in [0.2, 0.25) is 0 Å². The Morgan fingerprint density at radius 1 is 1.62 bits per heavy atom. The summed E-state index contributed by atoms with van der Waals surface area (Å²) in [5.41, 5.74) is -0.0452. The van der Waals surface area contributed by atoms with Gasteiger partial charge < -0.3 is 4.74 Å². The Bertz CT molecular complexity index is 386. The van der Waals surface area contributed by atoms with Crippen LogP contribution in [0.1, 0.15) is 6.92 Å². The van der Waals surface area contributed by atoms with E-state index in [0.717, 1.165) is 0 Å². The van der Waals surface area contributed by atoms with Crippen LogP contribution < -0.4 is 4.74 Å². The summed E-state index contributed by atoms with van der Waals surface area (Å²) in [6, 6.07) is 4.71. The molecule has 4 nitrogen and oxygen atoms in total. The number of ether oxygens (including phenoxy) is 1. The predicted molar refractivity (Wildman–Crippen MR) is 66.2 cm³/mol. The molecule has 1 aromatic carbocycles. The summed E-state index contributed by atoms with van der Waals surface area (Å²) in [6.07, 6.45) is 0. The van der Waals surface area contributed by atoms with Gasteiger partial charge in [0, 0.05) is 17.9 Å². The van der Waals surface area contributed by atoms with Gasteiger partial charge in [-0.2, -0.15) is 0 Å². The highest BCUT2D eigenvalue weighted by Gasteiger charge is 2.18. The van der Waals surface area contributed by atoms with Crippen LogP contribution in [0.15, 0.2) is 22.7 Å². The summed E-state index contributed by atoms with van der Waals surface area (Å²) in [5.74, 6) is 0.857. The monoisotopic (exact) mass is 307 g/mol. The molecule has 1 unspecified atom stereocenters. The van der Waals surface area contributed by atoms with E-state index in [1.165, 1.54) is 6.07 Å². The molecule has 0 aliphatic heterocycles. The van der Waals surface area contributed by atoms with Gasteiger partial charge in [-0.3, -0.25) is 10.1 Å². The lowest BCUT2D eigenvalue weighted by molar-refractivity contribution is -0.386. The molecule has 1 rings (SSSR count). The smallest absolute Gasteiger partial charge is 0.312 e. The van der Waals surface area contributed by atoms with Crippen molar-refractivity contribution in [1.29, 1.82) is 0 Å². The zero-order valence-electron chi connectivity index (χ0n) is 8.65. The number of alkyl halides is 1. The molecular weight excluding hydrogens is 297 g/mol. The number of benzene rings is 1. The molecule has 0 heterocycles. The minimum Gasteiger partial charge on any atom is -0.486 e. The standard InChI is InChI=1S/C10H11BrClNO3/c1-7(5-12)6-16-10-8(11)3-2-4-9(10)13(14)15/h2-4,7H,5-6H2,1H3. The second-order valence-electron chi connectivity index (χ2n) is 3.42. The number of nitro benzene ring substituents is 1. The first-order valence-electron chi connectivity index (χ1n) is 4.68. The number of nitrogens with zero attached hydrogens (tertiary/aromatic N) is 1. The number of hydrogen-bond acceptors (Lipinski definition) is 3. The fourth-order valence-corrected chi connectivity index (χ4v) is 1.61. The van der Waals surface area contributed by atoms with Crippen LogP contribution in [0.4, 0.5) is 5.69 Å². The zero-order valence-corrected chi connectivity index (χ0v) is 11.0. The lowest BCUT2D eigenvalue weighted by Gasteiger charge is -2.11. The number of hydrogen-bond donors (Lipinski definition) is 0. The van der Waals surface area contributed by atoms with Gasteiger partial charge in [-0.1, -0.05) is 13.0 Å². The van der Waals surface area contributed by atoms with Gasteiger partial charge in [0.15, 0.2) is 0 Å². The van der Waals surface area contributed by atoms with Gasteiger partial charge in [0.2, 0.25) is 5.75 Å². The molecule has 0 aliphatic carbocycles. The van der Waals surface area contributed by atoms with Crippen LogP contribution in [0.5, 0.6) is 5.75 Å². The molecule has 0 aromatic heterocycles. The first kappa shape index (κ1) is 13.3. The highest BCUT2D eigenvalue weighted by molar-refractivity contribution is 9.10. The molecule has 0 aliphatic rings.